The van der Waals surface area contributed by atoms with Crippen LogP contribution in [0.1, 0.15) is 19.7 Å². The highest BCUT2D eigenvalue weighted by Gasteiger charge is 2.24. The normalized spacial score (nSPS) is 19.0. The van der Waals surface area contributed by atoms with Gasteiger partial charge in [-0.1, -0.05) is 0 Å². The first-order valence-electron chi connectivity index (χ1n) is 11.4. The van der Waals surface area contributed by atoms with E-state index in [1.165, 1.54) is 7.11 Å². The monoisotopic (exact) mass is 513 g/mol. The van der Waals surface area contributed by atoms with Crippen LogP contribution in [0.25, 0.3) is 33.5 Å². The summed E-state index contributed by atoms with van der Waals surface area (Å²) in [6, 6.07) is 5.45. The van der Waals surface area contributed by atoms with E-state index in [0.29, 0.717) is 29.5 Å². The second-order valence-corrected chi connectivity index (χ2v) is 10.7. The van der Waals surface area contributed by atoms with Crippen LogP contribution in [-0.2, 0) is 21.3 Å². The zero-order valence-corrected chi connectivity index (χ0v) is 21.2. The molecule has 0 saturated carbocycles. The largest absolute Gasteiger partial charge is 0.480 e. The molecular weight excluding hydrogens is 486 g/mol. The molecule has 4 heterocycles. The number of hydrogen-bond donors (Lipinski definition) is 2. The maximum Gasteiger partial charge on any atom is 0.248 e. The van der Waals surface area contributed by atoms with Crippen LogP contribution in [0.5, 0.6) is 5.88 Å². The van der Waals surface area contributed by atoms with Crippen molar-refractivity contribution in [3.05, 3.63) is 36.5 Å². The van der Waals surface area contributed by atoms with E-state index in [2.05, 4.69) is 35.0 Å². The van der Waals surface area contributed by atoms with E-state index < -0.39 is 10.0 Å². The van der Waals surface area contributed by atoms with Crippen LogP contribution in [0, 0.1) is 0 Å². The molecule has 13 heteroatoms. The van der Waals surface area contributed by atoms with Gasteiger partial charge >= 0.3 is 0 Å². The number of fused-ring (bicyclic) bond motifs is 1. The molecule has 36 heavy (non-hydrogen) atoms. The third-order valence-corrected chi connectivity index (χ3v) is 6.37. The Kier molecular flexibility index (Phi) is 6.36. The van der Waals surface area contributed by atoms with E-state index in [1.54, 1.807) is 18.5 Å². The van der Waals surface area contributed by atoms with E-state index in [9.17, 15) is 8.42 Å². The van der Waals surface area contributed by atoms with Crippen molar-refractivity contribution >= 4 is 26.6 Å². The highest BCUT2D eigenvalue weighted by Crippen LogP contribution is 2.35. The van der Waals surface area contributed by atoms with Gasteiger partial charge < -0.3 is 13.9 Å². The lowest BCUT2D eigenvalue weighted by Crippen LogP contribution is -2.44. The summed E-state index contributed by atoms with van der Waals surface area (Å²) in [6.45, 7) is 6.21. The standard InChI is InChI=1S/C23H27N7O5S/c1-13-10-30(11-14(2)34-13)12-21-27-28-22(35-21)17-5-15(6-19-18(17)9-25-26-19)16-7-20(29-36(4,31)32)23(33-3)24-8-16/h5-9,13-14,29H,10-12H2,1-4H3,(H,25,26)/t13-,14?/m0/s1. The average molecular weight is 514 g/mol. The van der Waals surface area contributed by atoms with Crippen LogP contribution in [0.3, 0.4) is 0 Å². The van der Waals surface area contributed by atoms with Crippen molar-refractivity contribution in [2.24, 2.45) is 0 Å². The summed E-state index contributed by atoms with van der Waals surface area (Å²) in [5, 5.41) is 16.5. The van der Waals surface area contributed by atoms with Crippen LogP contribution in [0.2, 0.25) is 0 Å². The fourth-order valence-corrected chi connectivity index (χ4v) is 5.02. The van der Waals surface area contributed by atoms with Gasteiger partial charge in [-0.2, -0.15) is 5.10 Å². The number of methoxy groups -OCH3 is 1. The molecule has 0 spiro atoms. The van der Waals surface area contributed by atoms with Gasteiger partial charge in [0.15, 0.2) is 0 Å². The summed E-state index contributed by atoms with van der Waals surface area (Å²) in [5.41, 5.74) is 3.11. The topological polar surface area (TPSA) is 148 Å². The first kappa shape index (κ1) is 24.2. The van der Waals surface area contributed by atoms with Crippen LogP contribution in [-0.4, -0.2) is 77.4 Å². The van der Waals surface area contributed by atoms with Crippen LogP contribution >= 0.6 is 0 Å². The number of nitrogens with zero attached hydrogens (tertiary/aromatic N) is 5. The molecule has 1 fully saturated rings. The molecule has 3 aromatic heterocycles. The lowest BCUT2D eigenvalue weighted by Gasteiger charge is -2.34. The molecule has 0 bridgehead atoms. The maximum absolute atomic E-state index is 11.8. The van der Waals surface area contributed by atoms with Gasteiger partial charge in [0, 0.05) is 30.2 Å². The number of benzene rings is 1. The van der Waals surface area contributed by atoms with Crippen LogP contribution < -0.4 is 9.46 Å². The van der Waals surface area contributed by atoms with Crippen molar-refractivity contribution in [1.29, 1.82) is 0 Å². The van der Waals surface area contributed by atoms with Gasteiger partial charge in [0.25, 0.3) is 0 Å². The zero-order valence-electron chi connectivity index (χ0n) is 20.3. The van der Waals surface area contributed by atoms with Gasteiger partial charge in [0.2, 0.25) is 27.7 Å². The van der Waals surface area contributed by atoms with E-state index in [0.717, 1.165) is 35.8 Å². The Labute approximate surface area is 208 Å². The first-order valence-corrected chi connectivity index (χ1v) is 13.3. The number of aromatic nitrogens is 5. The number of rotatable bonds is 7. The number of sulfonamides is 1. The van der Waals surface area contributed by atoms with E-state index in [1.807, 2.05) is 26.0 Å². The molecule has 1 aliphatic heterocycles. The predicted octanol–water partition coefficient (Wildman–Crippen LogP) is 2.66. The molecule has 2 N–H and O–H groups in total. The minimum atomic E-state index is -3.53. The number of anilines is 1. The third kappa shape index (κ3) is 5.17. The quantitative estimate of drug-likeness (QED) is 0.378. The number of H-pyrrole nitrogens is 1. The number of morpholine rings is 1. The van der Waals surface area contributed by atoms with Crippen molar-refractivity contribution in [3.8, 4) is 28.5 Å². The molecule has 5 rings (SSSR count). The highest BCUT2D eigenvalue weighted by atomic mass is 32.2. The molecule has 0 radical (unpaired) electrons. The lowest BCUT2D eigenvalue weighted by atomic mass is 10.0. The van der Waals surface area contributed by atoms with Crippen molar-refractivity contribution in [1.82, 2.24) is 30.3 Å². The van der Waals surface area contributed by atoms with Gasteiger partial charge in [-0.25, -0.2) is 13.4 Å². The number of pyridine rings is 1. The van der Waals surface area contributed by atoms with Gasteiger partial charge in [0.1, 0.15) is 5.69 Å². The summed E-state index contributed by atoms with van der Waals surface area (Å²) in [4.78, 5) is 6.50. The van der Waals surface area contributed by atoms with Gasteiger partial charge in [0.05, 0.1) is 49.4 Å². The fourth-order valence-electron chi connectivity index (χ4n) is 4.47. The van der Waals surface area contributed by atoms with Crippen molar-refractivity contribution in [2.75, 3.05) is 31.2 Å². The zero-order chi connectivity index (χ0) is 25.4. The SMILES string of the molecule is COc1ncc(-c2cc(-c3nnc(CN4CC(C)O[C@@H](C)C4)o3)c3cn[nH]c3c2)cc1NS(C)(=O)=O. The molecule has 0 amide bonds. The maximum atomic E-state index is 11.8. The molecule has 1 saturated heterocycles. The fraction of sp³-hybridized carbons (Fsp3) is 0.391. The molecule has 1 aliphatic rings. The summed E-state index contributed by atoms with van der Waals surface area (Å²) in [5.74, 6) is 1.04. The Balaban J connectivity index is 1.50. The number of hydrogen-bond acceptors (Lipinski definition) is 10. The van der Waals surface area contributed by atoms with Crippen LogP contribution in [0.15, 0.2) is 35.0 Å². The first-order chi connectivity index (χ1) is 17.2. The molecule has 2 atom stereocenters. The van der Waals surface area contributed by atoms with Crippen LogP contribution in [0.4, 0.5) is 5.69 Å². The number of nitrogens with one attached hydrogen (secondary N) is 2. The molecule has 4 aromatic rings. The number of aromatic amines is 1. The Hall–Kier alpha value is -3.55. The third-order valence-electron chi connectivity index (χ3n) is 5.78. The summed E-state index contributed by atoms with van der Waals surface area (Å²) in [7, 11) is -2.11. The van der Waals surface area contributed by atoms with E-state index in [-0.39, 0.29) is 23.8 Å². The van der Waals surface area contributed by atoms with Crippen molar-refractivity contribution in [2.45, 2.75) is 32.6 Å². The molecule has 190 valence electrons. The van der Waals surface area contributed by atoms with E-state index >= 15 is 0 Å². The Morgan fingerprint density at radius 2 is 1.92 bits per heavy atom. The molecule has 12 nitrogen and oxygen atoms in total. The molecule has 1 aromatic carbocycles. The second kappa shape index (κ2) is 9.48. The Morgan fingerprint density at radius 1 is 1.14 bits per heavy atom. The summed E-state index contributed by atoms with van der Waals surface area (Å²) < 4.78 is 43.2. The average Bonchev–Trinajstić information content (AvgIpc) is 3.46. The van der Waals surface area contributed by atoms with Gasteiger partial charge in [-0.3, -0.25) is 14.7 Å². The number of ether oxygens (including phenoxy) is 2. The molecule has 1 unspecified atom stereocenters. The predicted molar refractivity (Wildman–Crippen MR) is 133 cm³/mol. The van der Waals surface area contributed by atoms with Crippen molar-refractivity contribution < 1.29 is 22.3 Å². The smallest absolute Gasteiger partial charge is 0.248 e. The van der Waals surface area contributed by atoms with Crippen molar-refractivity contribution in [3.63, 3.8) is 0 Å². The van der Waals surface area contributed by atoms with Gasteiger partial charge in [-0.05, 0) is 37.6 Å². The minimum absolute atomic E-state index is 0.138. The highest BCUT2D eigenvalue weighted by molar-refractivity contribution is 7.92. The Morgan fingerprint density at radius 3 is 2.64 bits per heavy atom. The summed E-state index contributed by atoms with van der Waals surface area (Å²) >= 11 is 0. The molecular formula is C23H27N7O5S. The minimum Gasteiger partial charge on any atom is -0.480 e. The van der Waals surface area contributed by atoms with Gasteiger partial charge in [-0.15, -0.1) is 10.2 Å². The van der Waals surface area contributed by atoms with E-state index in [4.69, 9.17) is 13.9 Å². The summed E-state index contributed by atoms with van der Waals surface area (Å²) in [6.07, 6.45) is 4.65. The lowest BCUT2D eigenvalue weighted by molar-refractivity contribution is -0.0721. The Bertz CT molecular complexity index is 1490. The molecule has 0 aliphatic carbocycles. The second-order valence-electron chi connectivity index (χ2n) is 8.96.